The fourth-order valence-electron chi connectivity index (χ4n) is 7.42. The first-order valence-corrected chi connectivity index (χ1v) is 16.5. The number of nitrogens with zero attached hydrogens (tertiary/aromatic N) is 1. The maximum absolute atomic E-state index is 13.3. The van der Waals surface area contributed by atoms with Crippen LogP contribution >= 0.6 is 11.6 Å². The van der Waals surface area contributed by atoms with Crippen LogP contribution in [0.5, 0.6) is 5.75 Å². The summed E-state index contributed by atoms with van der Waals surface area (Å²) in [5, 5.41) is 11.8. The number of rotatable bonds is 0. The molecule has 4 aliphatic rings. The molecule has 1 amide bonds. The quantitative estimate of drug-likeness (QED) is 0.382. The Bertz CT molecular complexity index is 1260. The van der Waals surface area contributed by atoms with Gasteiger partial charge in [0.05, 0.1) is 29.8 Å². The number of hydrogen-bond acceptors (Lipinski definition) is 5. The van der Waals surface area contributed by atoms with E-state index >= 15 is 0 Å². The number of nitrogens with one attached hydrogen (secondary N) is 1. The van der Waals surface area contributed by atoms with E-state index in [1.807, 2.05) is 25.1 Å². The van der Waals surface area contributed by atoms with Crippen LogP contribution in [0.2, 0.25) is 5.02 Å². The molecule has 7 unspecified atom stereocenters. The molecule has 0 aromatic heterocycles. The van der Waals surface area contributed by atoms with Gasteiger partial charge in [-0.15, -0.1) is 0 Å². The van der Waals surface area contributed by atoms with Gasteiger partial charge in [0.15, 0.2) is 0 Å². The van der Waals surface area contributed by atoms with Crippen LogP contribution in [0.3, 0.4) is 0 Å². The zero-order valence-corrected chi connectivity index (χ0v) is 25.1. The molecule has 2 N–H and O–H groups in total. The molecule has 40 heavy (non-hydrogen) atoms. The van der Waals surface area contributed by atoms with Crippen molar-refractivity contribution in [1.82, 2.24) is 4.72 Å². The first-order chi connectivity index (χ1) is 19.2. The summed E-state index contributed by atoms with van der Waals surface area (Å²) in [6.07, 6.45) is 7.47. The molecule has 0 saturated heterocycles. The van der Waals surface area contributed by atoms with Crippen LogP contribution in [-0.4, -0.2) is 46.6 Å². The highest BCUT2D eigenvalue weighted by molar-refractivity contribution is 7.90. The molecule has 0 radical (unpaired) electrons. The molecule has 2 aliphatic heterocycles. The van der Waals surface area contributed by atoms with Gasteiger partial charge >= 0.3 is 0 Å². The summed E-state index contributed by atoms with van der Waals surface area (Å²) in [5.41, 5.74) is 3.82. The van der Waals surface area contributed by atoms with E-state index in [9.17, 15) is 14.5 Å². The molecular formula is C32H41ClN2O4S. The Morgan fingerprint density at radius 1 is 1.12 bits per heavy atom. The Hall–Kier alpha value is -1.93. The molecule has 2 heterocycles. The number of carbonyl (C=O) groups is 1. The fourth-order valence-corrected chi connectivity index (χ4v) is 8.66. The number of aryl methyl sites for hydroxylation is 1. The molecule has 1 spiro atoms. The molecule has 2 aromatic carbocycles. The highest BCUT2D eigenvalue weighted by Crippen LogP contribution is 2.47. The summed E-state index contributed by atoms with van der Waals surface area (Å²) in [6.45, 7) is 6.17. The van der Waals surface area contributed by atoms with Crippen LogP contribution in [-0.2, 0) is 23.2 Å². The van der Waals surface area contributed by atoms with Crippen molar-refractivity contribution < 1.29 is 19.2 Å². The highest BCUT2D eigenvalue weighted by Gasteiger charge is 2.44. The Morgan fingerprint density at radius 3 is 2.77 bits per heavy atom. The molecule has 2 aromatic rings. The minimum atomic E-state index is -1.50. The first-order valence-electron chi connectivity index (χ1n) is 14.9. The smallest absolute Gasteiger partial charge is 0.292 e. The van der Waals surface area contributed by atoms with Gasteiger partial charge in [0.2, 0.25) is 0 Å². The second kappa shape index (κ2) is 11.4. The third-order valence-corrected chi connectivity index (χ3v) is 12.0. The first kappa shape index (κ1) is 28.2. The predicted molar refractivity (Wildman–Crippen MR) is 161 cm³/mol. The number of benzene rings is 2. The second-order valence-corrected chi connectivity index (χ2v) is 14.7. The lowest BCUT2D eigenvalue weighted by molar-refractivity contribution is 0.00857. The van der Waals surface area contributed by atoms with Crippen molar-refractivity contribution in [2.24, 2.45) is 17.8 Å². The summed E-state index contributed by atoms with van der Waals surface area (Å²) in [4.78, 5) is 15.7. The molecule has 2 bridgehead atoms. The van der Waals surface area contributed by atoms with Crippen molar-refractivity contribution in [2.75, 3.05) is 24.6 Å². The van der Waals surface area contributed by atoms with Crippen LogP contribution in [0.4, 0.5) is 5.69 Å². The van der Waals surface area contributed by atoms with Crippen molar-refractivity contribution in [2.45, 2.75) is 82.0 Å². The van der Waals surface area contributed by atoms with Gasteiger partial charge in [0.1, 0.15) is 11.0 Å². The zero-order valence-electron chi connectivity index (χ0n) is 23.5. The van der Waals surface area contributed by atoms with Crippen LogP contribution in [0.1, 0.15) is 80.3 Å². The number of halogens is 1. The van der Waals surface area contributed by atoms with Crippen molar-refractivity contribution >= 4 is 34.6 Å². The summed E-state index contributed by atoms with van der Waals surface area (Å²) < 4.78 is 22.4. The number of carbonyl (C=O) groups excluding carboxylic acids is 1. The fraction of sp³-hybridized carbons (Fsp3) is 0.594. The highest BCUT2D eigenvalue weighted by atomic mass is 35.5. The number of fused-ring (bicyclic) bond motifs is 4. The standard InChI is InChI=1S/C32H41ClN2O4S/c1-20-5-3-7-29(36)26-11-8-24(26)17-35-18-32(14-4-6-22-15-25(33)10-12-27(22)32)19-39-30-13-9-23(16-28(30)35)31(37)34-40(38)21(20)2/h9-10,12-13,15-16,20-21,24,26,29,36H,3-8,11,14,17-19H2,1-2H3,(H,34,37). The van der Waals surface area contributed by atoms with Crippen molar-refractivity contribution in [1.29, 1.82) is 0 Å². The number of amides is 1. The van der Waals surface area contributed by atoms with Gasteiger partial charge in [-0.3, -0.25) is 4.79 Å². The summed E-state index contributed by atoms with van der Waals surface area (Å²) in [5.74, 6) is 1.30. The normalized spacial score (nSPS) is 34.5. The van der Waals surface area contributed by atoms with Crippen LogP contribution < -0.4 is 14.4 Å². The molecule has 1 saturated carbocycles. The maximum Gasteiger partial charge on any atom is 0.292 e. The van der Waals surface area contributed by atoms with Gasteiger partial charge in [0.25, 0.3) is 5.91 Å². The van der Waals surface area contributed by atoms with Crippen LogP contribution in [0.25, 0.3) is 0 Å². The van der Waals surface area contributed by atoms with Crippen molar-refractivity contribution in [3.05, 3.63) is 58.1 Å². The Kier molecular flexibility index (Phi) is 8.03. The monoisotopic (exact) mass is 584 g/mol. The van der Waals surface area contributed by atoms with E-state index in [0.29, 0.717) is 18.1 Å². The molecule has 6 nitrogen and oxygen atoms in total. The van der Waals surface area contributed by atoms with E-state index in [1.165, 1.54) is 11.1 Å². The van der Waals surface area contributed by atoms with E-state index in [2.05, 4.69) is 28.7 Å². The van der Waals surface area contributed by atoms with Crippen LogP contribution in [0.15, 0.2) is 36.4 Å². The molecule has 7 atom stereocenters. The van der Waals surface area contributed by atoms with Crippen molar-refractivity contribution in [3.8, 4) is 5.75 Å². The number of anilines is 1. The van der Waals surface area contributed by atoms with Gasteiger partial charge in [0, 0.05) is 35.0 Å². The van der Waals surface area contributed by atoms with Crippen molar-refractivity contribution in [3.63, 3.8) is 0 Å². The lowest BCUT2D eigenvalue weighted by Crippen LogP contribution is -2.49. The molecule has 2 aliphatic carbocycles. The van der Waals surface area contributed by atoms with Gasteiger partial charge in [-0.2, -0.15) is 4.72 Å². The average Bonchev–Trinajstić information content (AvgIpc) is 3.07. The maximum atomic E-state index is 13.3. The van der Waals surface area contributed by atoms with E-state index < -0.39 is 11.4 Å². The average molecular weight is 585 g/mol. The number of aliphatic hydroxyl groups is 1. The number of aliphatic hydroxyl groups excluding tert-OH is 1. The topological polar surface area (TPSA) is 84.9 Å². The number of hydrogen-bond donors (Lipinski definition) is 2. The summed E-state index contributed by atoms with van der Waals surface area (Å²) in [7, 11) is 0. The zero-order chi connectivity index (χ0) is 28.0. The van der Waals surface area contributed by atoms with E-state index in [1.54, 1.807) is 6.07 Å². The Morgan fingerprint density at radius 2 is 1.98 bits per heavy atom. The Labute approximate surface area is 246 Å². The molecule has 1 fully saturated rings. The van der Waals surface area contributed by atoms with E-state index in [4.69, 9.17) is 16.3 Å². The lowest BCUT2D eigenvalue weighted by atomic mass is 9.68. The second-order valence-electron chi connectivity index (χ2n) is 12.7. The summed E-state index contributed by atoms with van der Waals surface area (Å²) >= 11 is 4.90. The molecule has 216 valence electrons. The molecule has 8 heteroatoms. The predicted octanol–water partition coefficient (Wildman–Crippen LogP) is 5.80. The largest absolute Gasteiger partial charge is 0.593 e. The summed E-state index contributed by atoms with van der Waals surface area (Å²) in [6, 6.07) is 11.9. The van der Waals surface area contributed by atoms with Gasteiger partial charge in [-0.05, 0) is 105 Å². The van der Waals surface area contributed by atoms with Gasteiger partial charge < -0.3 is 19.3 Å². The third kappa shape index (κ3) is 5.35. The minimum absolute atomic E-state index is 0.175. The third-order valence-electron chi connectivity index (χ3n) is 10.2. The molecular weight excluding hydrogens is 544 g/mol. The lowest BCUT2D eigenvalue weighted by Gasteiger charge is -2.46. The van der Waals surface area contributed by atoms with E-state index in [0.717, 1.165) is 80.9 Å². The van der Waals surface area contributed by atoms with Gasteiger partial charge in [-0.1, -0.05) is 31.0 Å². The number of ether oxygens (including phenoxy) is 1. The van der Waals surface area contributed by atoms with E-state index in [-0.39, 0.29) is 34.5 Å². The molecule has 6 rings (SSSR count). The van der Waals surface area contributed by atoms with Gasteiger partial charge in [-0.25, -0.2) is 0 Å². The minimum Gasteiger partial charge on any atom is -0.593 e. The van der Waals surface area contributed by atoms with Crippen LogP contribution in [0, 0.1) is 17.8 Å². The Balaban J connectivity index is 1.39. The SMILES string of the molecule is CC1CCCC(O)C2CCC2CN2CC3(CCCc4cc(Cl)ccc43)COc3ccc(cc32)C(=O)N[S+]([O-])C1C.